The van der Waals surface area contributed by atoms with Gasteiger partial charge in [-0.2, -0.15) is 5.10 Å². The van der Waals surface area contributed by atoms with E-state index in [0.29, 0.717) is 28.8 Å². The van der Waals surface area contributed by atoms with Crippen LogP contribution in [0.25, 0.3) is 16.8 Å². The van der Waals surface area contributed by atoms with Crippen LogP contribution < -0.4 is 5.76 Å². The first-order valence-corrected chi connectivity index (χ1v) is 10.3. The van der Waals surface area contributed by atoms with Crippen molar-refractivity contribution >= 4 is 23.2 Å². The molecule has 0 aliphatic carbocycles. The molecule has 1 aliphatic rings. The van der Waals surface area contributed by atoms with Gasteiger partial charge < -0.3 is 19.2 Å². The van der Waals surface area contributed by atoms with Gasteiger partial charge in [-0.25, -0.2) is 19.1 Å². The van der Waals surface area contributed by atoms with Crippen LogP contribution >= 0.6 is 0 Å². The summed E-state index contributed by atoms with van der Waals surface area (Å²) in [6.45, 7) is 2.65. The molecule has 0 unspecified atom stereocenters. The summed E-state index contributed by atoms with van der Waals surface area (Å²) < 4.78 is 11.7. The number of carbonyl (C=O) groups is 2. The lowest BCUT2D eigenvalue weighted by Gasteiger charge is -2.19. The third kappa shape index (κ3) is 3.86. The molecule has 2 N–H and O–H groups in total. The van der Waals surface area contributed by atoms with Crippen LogP contribution in [0.15, 0.2) is 51.9 Å². The van der Waals surface area contributed by atoms with E-state index in [1.54, 1.807) is 41.3 Å². The van der Waals surface area contributed by atoms with Crippen LogP contribution in [0.4, 0.5) is 4.79 Å². The number of nitrogens with one attached hydrogen (secondary N) is 1. The number of ether oxygens (including phenoxy) is 1. The number of carbonyl (C=O) groups excluding carboxylic acids is 1. The highest BCUT2D eigenvalue weighted by Crippen LogP contribution is 2.26. The smallest absolute Gasteiger partial charge is 0.417 e. The van der Waals surface area contributed by atoms with Crippen LogP contribution in [0, 0.1) is 6.92 Å². The molecule has 0 radical (unpaired) electrons. The number of hydrogen-bond acceptors (Lipinski definition) is 6. The van der Waals surface area contributed by atoms with Crippen molar-refractivity contribution in [2.75, 3.05) is 6.54 Å². The Kier molecular flexibility index (Phi) is 4.97. The molecule has 2 aromatic carbocycles. The molecule has 0 spiro atoms. The van der Waals surface area contributed by atoms with Gasteiger partial charge in [0, 0.05) is 23.9 Å². The molecule has 0 bridgehead atoms. The number of aromatic amines is 1. The molecule has 10 heteroatoms. The van der Waals surface area contributed by atoms with Gasteiger partial charge >= 0.3 is 17.8 Å². The number of aromatic nitrogens is 3. The van der Waals surface area contributed by atoms with Crippen molar-refractivity contribution in [2.45, 2.75) is 26.5 Å². The highest BCUT2D eigenvalue weighted by atomic mass is 16.5. The van der Waals surface area contributed by atoms with Gasteiger partial charge in [0.05, 0.1) is 29.5 Å². The fraction of sp³-hybridized carbons (Fsp3) is 0.217. The lowest BCUT2D eigenvalue weighted by atomic mass is 9.96. The number of rotatable bonds is 6. The molecule has 0 saturated carbocycles. The minimum Gasteiger partial charge on any atom is -0.465 e. The highest BCUT2D eigenvalue weighted by molar-refractivity contribution is 5.93. The molecule has 0 atom stereocenters. The normalized spacial score (nSPS) is 12.7. The quantitative estimate of drug-likeness (QED) is 0.434. The number of carboxylic acid groups (broad SMARTS) is 1. The molecular weight excluding hydrogens is 428 g/mol. The fourth-order valence-corrected chi connectivity index (χ4v) is 4.05. The second-order valence-corrected chi connectivity index (χ2v) is 7.89. The van der Waals surface area contributed by atoms with Gasteiger partial charge in [0.25, 0.3) is 0 Å². The summed E-state index contributed by atoms with van der Waals surface area (Å²) in [5, 5.41) is 14.0. The summed E-state index contributed by atoms with van der Waals surface area (Å²) in [5.74, 6) is -0.847. The number of esters is 1. The lowest BCUT2D eigenvalue weighted by Crippen LogP contribution is -2.31. The van der Waals surface area contributed by atoms with E-state index in [4.69, 9.17) is 9.15 Å². The fourth-order valence-electron chi connectivity index (χ4n) is 4.05. The number of fused-ring (bicyclic) bond motifs is 2. The van der Waals surface area contributed by atoms with Gasteiger partial charge in [-0.1, -0.05) is 6.07 Å². The second kappa shape index (κ2) is 7.97. The van der Waals surface area contributed by atoms with E-state index in [2.05, 4.69) is 10.1 Å². The van der Waals surface area contributed by atoms with Crippen LogP contribution in [0.1, 0.15) is 32.6 Å². The molecule has 0 saturated heterocycles. The topological polar surface area (TPSA) is 131 Å². The first-order valence-electron chi connectivity index (χ1n) is 10.3. The van der Waals surface area contributed by atoms with Crippen molar-refractivity contribution in [3.8, 4) is 5.69 Å². The molecule has 1 amide bonds. The lowest BCUT2D eigenvalue weighted by molar-refractivity contribution is 0.0534. The summed E-state index contributed by atoms with van der Waals surface area (Å²) in [6.07, 6.45) is 2.84. The molecule has 4 aromatic rings. The second-order valence-electron chi connectivity index (χ2n) is 7.89. The van der Waals surface area contributed by atoms with E-state index in [9.17, 15) is 19.5 Å². The van der Waals surface area contributed by atoms with Crippen LogP contribution in [0.5, 0.6) is 0 Å². The van der Waals surface area contributed by atoms with Gasteiger partial charge in [0.15, 0.2) is 5.58 Å². The highest BCUT2D eigenvalue weighted by Gasteiger charge is 2.24. The van der Waals surface area contributed by atoms with E-state index in [0.717, 1.165) is 22.3 Å². The number of cyclic esters (lactones) is 1. The molecule has 3 heterocycles. The first-order chi connectivity index (χ1) is 15.9. The number of benzene rings is 2. The molecule has 168 valence electrons. The average molecular weight is 448 g/mol. The van der Waals surface area contributed by atoms with Crippen molar-refractivity contribution in [3.63, 3.8) is 0 Å². The molecule has 2 aromatic heterocycles. The maximum absolute atomic E-state index is 11.9. The van der Waals surface area contributed by atoms with Crippen LogP contribution in [-0.2, 0) is 24.3 Å². The third-order valence-corrected chi connectivity index (χ3v) is 5.88. The molecular formula is C23H20N4O6. The van der Waals surface area contributed by atoms with Gasteiger partial charge in [0.2, 0.25) is 0 Å². The van der Waals surface area contributed by atoms with Crippen molar-refractivity contribution in [3.05, 3.63) is 81.1 Å². The van der Waals surface area contributed by atoms with Crippen molar-refractivity contribution < 1.29 is 23.8 Å². The maximum Gasteiger partial charge on any atom is 0.417 e. The Balaban J connectivity index is 1.30. The SMILES string of the molecule is Cc1c(CCN(Cc2cnn(-c3ccc4oc(=O)[nH]c4c3)c2)C(=O)O)ccc2c1COC2=O. The Hall–Kier alpha value is -4.34. The molecule has 10 nitrogen and oxygen atoms in total. The molecule has 5 rings (SSSR count). The summed E-state index contributed by atoms with van der Waals surface area (Å²) in [7, 11) is 0. The first kappa shape index (κ1) is 20.6. The molecule has 33 heavy (non-hydrogen) atoms. The monoisotopic (exact) mass is 448 g/mol. The number of H-pyrrole nitrogens is 1. The summed E-state index contributed by atoms with van der Waals surface area (Å²) in [5.41, 5.74) is 5.83. The largest absolute Gasteiger partial charge is 0.465 e. The number of amides is 1. The predicted molar refractivity (Wildman–Crippen MR) is 116 cm³/mol. The summed E-state index contributed by atoms with van der Waals surface area (Å²) >= 11 is 0. The number of nitrogens with zero attached hydrogens (tertiary/aromatic N) is 3. The standard InChI is InChI=1S/C23H20N4O6/c1-13-15(2-4-17-18(13)12-32-21(17)28)6-7-26(23(30)31)10-14-9-24-27(11-14)16-3-5-20-19(8-16)25-22(29)33-20/h2-5,8-9,11H,6-7,10,12H2,1H3,(H,25,29)(H,30,31). The van der Waals surface area contributed by atoms with E-state index in [-0.39, 0.29) is 25.7 Å². The van der Waals surface area contributed by atoms with Crippen LogP contribution in [-0.4, -0.2) is 43.4 Å². The maximum atomic E-state index is 11.9. The number of oxazole rings is 1. The third-order valence-electron chi connectivity index (χ3n) is 5.88. The van der Waals surface area contributed by atoms with E-state index >= 15 is 0 Å². The van der Waals surface area contributed by atoms with Crippen LogP contribution in [0.3, 0.4) is 0 Å². The van der Waals surface area contributed by atoms with Crippen molar-refractivity contribution in [1.29, 1.82) is 0 Å². The van der Waals surface area contributed by atoms with E-state index in [1.165, 1.54) is 4.90 Å². The zero-order chi connectivity index (χ0) is 23.1. The minimum atomic E-state index is -1.03. The Morgan fingerprint density at radius 1 is 1.27 bits per heavy atom. The summed E-state index contributed by atoms with van der Waals surface area (Å²) in [6, 6.07) is 8.76. The van der Waals surface area contributed by atoms with Gasteiger partial charge in [-0.05, 0) is 48.7 Å². The Morgan fingerprint density at radius 3 is 2.94 bits per heavy atom. The molecule has 1 aliphatic heterocycles. The average Bonchev–Trinajstić information content (AvgIpc) is 3.49. The Labute approximate surface area is 187 Å². The Bertz CT molecular complexity index is 1450. The van der Waals surface area contributed by atoms with E-state index in [1.807, 2.05) is 13.0 Å². The minimum absolute atomic E-state index is 0.172. The van der Waals surface area contributed by atoms with Crippen molar-refractivity contribution in [1.82, 2.24) is 19.7 Å². The predicted octanol–water partition coefficient (Wildman–Crippen LogP) is 3.01. The van der Waals surface area contributed by atoms with E-state index < -0.39 is 11.8 Å². The Morgan fingerprint density at radius 2 is 2.12 bits per heavy atom. The zero-order valence-electron chi connectivity index (χ0n) is 17.7. The van der Waals surface area contributed by atoms with Gasteiger partial charge in [-0.15, -0.1) is 0 Å². The number of hydrogen-bond donors (Lipinski definition) is 2. The van der Waals surface area contributed by atoms with Gasteiger partial charge in [-0.3, -0.25) is 4.98 Å². The van der Waals surface area contributed by atoms with Crippen LogP contribution in [0.2, 0.25) is 0 Å². The van der Waals surface area contributed by atoms with Crippen molar-refractivity contribution in [2.24, 2.45) is 0 Å². The zero-order valence-corrected chi connectivity index (χ0v) is 17.7. The molecule has 0 fully saturated rings. The summed E-state index contributed by atoms with van der Waals surface area (Å²) in [4.78, 5) is 38.9. The van der Waals surface area contributed by atoms with Gasteiger partial charge in [0.1, 0.15) is 6.61 Å².